The van der Waals surface area contributed by atoms with Crippen LogP contribution in [0.25, 0.3) is 10.9 Å². The van der Waals surface area contributed by atoms with E-state index >= 15 is 0 Å². The number of aromatic nitrogens is 2. The van der Waals surface area contributed by atoms with Gasteiger partial charge < -0.3 is 14.6 Å². The largest absolute Gasteiger partial charge is 0.457 e. The lowest BCUT2D eigenvalue weighted by atomic mass is 10.1. The summed E-state index contributed by atoms with van der Waals surface area (Å²) >= 11 is 0. The third-order valence-electron chi connectivity index (χ3n) is 5.66. The van der Waals surface area contributed by atoms with E-state index in [1.165, 1.54) is 24.3 Å². The Kier molecular flexibility index (Phi) is 6.53. The normalized spacial score (nSPS) is 10.8. The summed E-state index contributed by atoms with van der Waals surface area (Å²) in [6.07, 6.45) is 0. The number of nitrogens with zero attached hydrogens (tertiary/aromatic N) is 2. The van der Waals surface area contributed by atoms with Crippen LogP contribution in [0.15, 0.2) is 108 Å². The molecule has 5 rings (SSSR count). The fourth-order valence-electron chi connectivity index (χ4n) is 3.88. The smallest absolute Gasteiger partial charge is 0.258 e. The van der Waals surface area contributed by atoms with Crippen LogP contribution in [0.1, 0.15) is 21.7 Å². The molecule has 0 radical (unpaired) electrons. The standard InChI is InChI=1S/C29H22FN3O3/c30-22-12-16-24(17-13-22)36-23-14-10-21(11-15-23)29(35)33(18-20-6-2-1-3-7-20)19-27-31-26-9-5-4-8-25(26)28(34)32-27/h1-17H,18-19H2,(H,31,32,34). The van der Waals surface area contributed by atoms with Crippen molar-refractivity contribution >= 4 is 16.8 Å². The van der Waals surface area contributed by atoms with Crippen molar-refractivity contribution in [3.8, 4) is 11.5 Å². The summed E-state index contributed by atoms with van der Waals surface area (Å²) in [4.78, 5) is 35.1. The first kappa shape index (κ1) is 23.0. The summed E-state index contributed by atoms with van der Waals surface area (Å²) < 4.78 is 18.9. The predicted molar refractivity (Wildman–Crippen MR) is 135 cm³/mol. The number of amides is 1. The number of halogens is 1. The van der Waals surface area contributed by atoms with Crippen LogP contribution in [0.5, 0.6) is 11.5 Å². The van der Waals surface area contributed by atoms with Gasteiger partial charge in [-0.15, -0.1) is 0 Å². The van der Waals surface area contributed by atoms with Crippen molar-refractivity contribution in [3.05, 3.63) is 136 Å². The SMILES string of the molecule is O=C(c1ccc(Oc2ccc(F)cc2)cc1)N(Cc1ccccc1)Cc1nc2ccccc2c(=O)[nH]1. The lowest BCUT2D eigenvalue weighted by Crippen LogP contribution is -2.31. The van der Waals surface area contributed by atoms with Gasteiger partial charge in [0.2, 0.25) is 0 Å². The van der Waals surface area contributed by atoms with E-state index in [-0.39, 0.29) is 23.8 Å². The number of hydrogen-bond acceptors (Lipinski definition) is 4. The summed E-state index contributed by atoms with van der Waals surface area (Å²) in [5.41, 5.74) is 1.74. The van der Waals surface area contributed by atoms with E-state index in [2.05, 4.69) is 9.97 Å². The molecular formula is C29H22FN3O3. The molecule has 36 heavy (non-hydrogen) atoms. The third kappa shape index (κ3) is 5.31. The fraction of sp³-hybridized carbons (Fsp3) is 0.0690. The number of H-pyrrole nitrogens is 1. The van der Waals surface area contributed by atoms with Crippen molar-refractivity contribution in [2.24, 2.45) is 0 Å². The number of fused-ring (bicyclic) bond motifs is 1. The molecule has 0 aliphatic carbocycles. The van der Waals surface area contributed by atoms with Gasteiger partial charge in [-0.05, 0) is 66.2 Å². The molecule has 0 aliphatic rings. The molecule has 1 amide bonds. The van der Waals surface area contributed by atoms with Gasteiger partial charge in [0.1, 0.15) is 23.1 Å². The molecule has 7 heteroatoms. The first-order valence-electron chi connectivity index (χ1n) is 11.4. The molecule has 1 heterocycles. The minimum absolute atomic E-state index is 0.127. The molecule has 0 unspecified atom stereocenters. The summed E-state index contributed by atoms with van der Waals surface area (Å²) in [6.45, 7) is 0.464. The highest BCUT2D eigenvalue weighted by atomic mass is 19.1. The molecule has 0 fully saturated rings. The van der Waals surface area contributed by atoms with Gasteiger partial charge in [-0.25, -0.2) is 9.37 Å². The molecule has 178 valence electrons. The number of carbonyl (C=O) groups excluding carboxylic acids is 1. The zero-order valence-corrected chi connectivity index (χ0v) is 19.2. The van der Waals surface area contributed by atoms with E-state index in [0.29, 0.717) is 40.3 Å². The van der Waals surface area contributed by atoms with Crippen molar-refractivity contribution in [1.82, 2.24) is 14.9 Å². The van der Waals surface area contributed by atoms with Gasteiger partial charge in [-0.1, -0.05) is 42.5 Å². The maximum Gasteiger partial charge on any atom is 0.258 e. The highest BCUT2D eigenvalue weighted by molar-refractivity contribution is 5.94. The Morgan fingerprint density at radius 3 is 2.17 bits per heavy atom. The van der Waals surface area contributed by atoms with Crippen LogP contribution in [-0.2, 0) is 13.1 Å². The van der Waals surface area contributed by atoms with Gasteiger partial charge in [0.05, 0.1) is 17.4 Å². The molecule has 0 saturated heterocycles. The van der Waals surface area contributed by atoms with E-state index in [0.717, 1.165) is 5.56 Å². The summed E-state index contributed by atoms with van der Waals surface area (Å²) in [5.74, 6) is 0.854. The van der Waals surface area contributed by atoms with Gasteiger partial charge in [0, 0.05) is 12.1 Å². The van der Waals surface area contributed by atoms with E-state index in [9.17, 15) is 14.0 Å². The first-order valence-corrected chi connectivity index (χ1v) is 11.4. The number of ether oxygens (including phenoxy) is 1. The molecular weight excluding hydrogens is 457 g/mol. The fourth-order valence-corrected chi connectivity index (χ4v) is 3.88. The van der Waals surface area contributed by atoms with Gasteiger partial charge in [0.25, 0.3) is 11.5 Å². The maximum absolute atomic E-state index is 13.5. The second-order valence-electron chi connectivity index (χ2n) is 8.26. The Bertz CT molecular complexity index is 1550. The number of para-hydroxylation sites is 1. The van der Waals surface area contributed by atoms with Gasteiger partial charge >= 0.3 is 0 Å². The Balaban J connectivity index is 1.40. The lowest BCUT2D eigenvalue weighted by molar-refractivity contribution is 0.0725. The number of rotatable bonds is 7. The molecule has 0 atom stereocenters. The van der Waals surface area contributed by atoms with E-state index in [1.54, 1.807) is 47.4 Å². The monoisotopic (exact) mass is 479 g/mol. The molecule has 5 aromatic rings. The van der Waals surface area contributed by atoms with Crippen LogP contribution < -0.4 is 10.3 Å². The predicted octanol–water partition coefficient (Wildman–Crippen LogP) is 5.70. The molecule has 1 N–H and O–H groups in total. The Hall–Kier alpha value is -4.78. The molecule has 1 aromatic heterocycles. The molecule has 0 aliphatic heterocycles. The van der Waals surface area contributed by atoms with Crippen molar-refractivity contribution < 1.29 is 13.9 Å². The topological polar surface area (TPSA) is 75.3 Å². The second kappa shape index (κ2) is 10.2. The lowest BCUT2D eigenvalue weighted by Gasteiger charge is -2.23. The zero-order chi connectivity index (χ0) is 24.9. The van der Waals surface area contributed by atoms with Crippen molar-refractivity contribution in [1.29, 1.82) is 0 Å². The number of hydrogen-bond donors (Lipinski definition) is 1. The summed E-state index contributed by atoms with van der Waals surface area (Å²) in [7, 11) is 0. The highest BCUT2D eigenvalue weighted by Crippen LogP contribution is 2.23. The Morgan fingerprint density at radius 2 is 1.44 bits per heavy atom. The van der Waals surface area contributed by atoms with Gasteiger partial charge in [-0.2, -0.15) is 0 Å². The number of benzene rings is 4. The Labute approximate surface area is 206 Å². The van der Waals surface area contributed by atoms with Gasteiger partial charge in [-0.3, -0.25) is 9.59 Å². The molecule has 6 nitrogen and oxygen atoms in total. The molecule has 0 spiro atoms. The third-order valence-corrected chi connectivity index (χ3v) is 5.66. The number of carbonyl (C=O) groups is 1. The van der Waals surface area contributed by atoms with Crippen LogP contribution in [0.2, 0.25) is 0 Å². The minimum Gasteiger partial charge on any atom is -0.457 e. The van der Waals surface area contributed by atoms with E-state index < -0.39 is 0 Å². The van der Waals surface area contributed by atoms with Crippen LogP contribution >= 0.6 is 0 Å². The van der Waals surface area contributed by atoms with Crippen LogP contribution in [0.3, 0.4) is 0 Å². The van der Waals surface area contributed by atoms with Crippen LogP contribution in [-0.4, -0.2) is 20.8 Å². The Morgan fingerprint density at radius 1 is 0.806 bits per heavy atom. The molecule has 0 bridgehead atoms. The van der Waals surface area contributed by atoms with Crippen molar-refractivity contribution in [2.45, 2.75) is 13.1 Å². The zero-order valence-electron chi connectivity index (χ0n) is 19.2. The van der Waals surface area contributed by atoms with Crippen molar-refractivity contribution in [2.75, 3.05) is 0 Å². The van der Waals surface area contributed by atoms with Crippen LogP contribution in [0.4, 0.5) is 4.39 Å². The highest BCUT2D eigenvalue weighted by Gasteiger charge is 2.19. The summed E-state index contributed by atoms with van der Waals surface area (Å²) in [5, 5.41) is 0.499. The number of nitrogens with one attached hydrogen (secondary N) is 1. The minimum atomic E-state index is -0.343. The van der Waals surface area contributed by atoms with E-state index in [4.69, 9.17) is 4.74 Å². The molecule has 4 aromatic carbocycles. The van der Waals surface area contributed by atoms with Crippen molar-refractivity contribution in [3.63, 3.8) is 0 Å². The van der Waals surface area contributed by atoms with Gasteiger partial charge in [0.15, 0.2) is 0 Å². The second-order valence-corrected chi connectivity index (χ2v) is 8.26. The first-order chi connectivity index (χ1) is 17.5. The number of aromatic amines is 1. The average molecular weight is 480 g/mol. The van der Waals surface area contributed by atoms with E-state index in [1.807, 2.05) is 36.4 Å². The van der Waals surface area contributed by atoms with Crippen LogP contribution in [0, 0.1) is 5.82 Å². The maximum atomic E-state index is 13.5. The average Bonchev–Trinajstić information content (AvgIpc) is 2.90. The molecule has 0 saturated carbocycles. The quantitative estimate of drug-likeness (QED) is 0.325. The summed E-state index contributed by atoms with van der Waals surface area (Å²) in [6, 6.07) is 29.2.